The first-order valence-electron chi connectivity index (χ1n) is 7.26. The Morgan fingerprint density at radius 2 is 2.20 bits per heavy atom. The molecule has 0 fully saturated rings. The fourth-order valence-electron chi connectivity index (χ4n) is 2.30. The molecule has 1 heterocycles. The van der Waals surface area contributed by atoms with Crippen molar-refractivity contribution in [2.45, 2.75) is 6.92 Å². The molecule has 0 atom stereocenters. The lowest BCUT2D eigenvalue weighted by Gasteiger charge is -2.06. The van der Waals surface area contributed by atoms with Gasteiger partial charge in [0.2, 0.25) is 5.95 Å². The first kappa shape index (κ1) is 16.7. The Labute approximate surface area is 146 Å². The SMILES string of the molecule is Cc1cc(OCC(=O)Nc2nc3c(Cl)cccc3[nH]2)ccc1[N+](=O)[O-]. The predicted molar refractivity (Wildman–Crippen MR) is 93.1 cm³/mol. The molecule has 2 aromatic carbocycles. The van der Waals surface area contributed by atoms with Crippen LogP contribution in [0.3, 0.4) is 0 Å². The second-order valence-electron chi connectivity index (χ2n) is 5.26. The maximum absolute atomic E-state index is 12.0. The minimum absolute atomic E-state index is 0.00374. The van der Waals surface area contributed by atoms with Gasteiger partial charge in [0, 0.05) is 11.6 Å². The number of carbonyl (C=O) groups is 1. The maximum atomic E-state index is 12.0. The highest BCUT2D eigenvalue weighted by atomic mass is 35.5. The van der Waals surface area contributed by atoms with E-state index in [1.165, 1.54) is 18.2 Å². The molecule has 0 spiro atoms. The zero-order valence-electron chi connectivity index (χ0n) is 13.1. The van der Waals surface area contributed by atoms with Crippen molar-refractivity contribution < 1.29 is 14.5 Å². The molecule has 0 radical (unpaired) electrons. The smallest absolute Gasteiger partial charge is 0.272 e. The molecule has 0 saturated carbocycles. The van der Waals surface area contributed by atoms with E-state index in [0.29, 0.717) is 27.4 Å². The van der Waals surface area contributed by atoms with Gasteiger partial charge in [0.15, 0.2) is 6.61 Å². The Balaban J connectivity index is 1.63. The fraction of sp³-hybridized carbons (Fsp3) is 0.125. The summed E-state index contributed by atoms with van der Waals surface area (Å²) in [4.78, 5) is 29.4. The van der Waals surface area contributed by atoms with Crippen LogP contribution < -0.4 is 10.1 Å². The van der Waals surface area contributed by atoms with Crippen LogP contribution in [0.5, 0.6) is 5.75 Å². The third-order valence-corrected chi connectivity index (χ3v) is 3.76. The van der Waals surface area contributed by atoms with Gasteiger partial charge in [-0.25, -0.2) is 4.98 Å². The molecular formula is C16H13ClN4O4. The van der Waals surface area contributed by atoms with E-state index in [1.54, 1.807) is 25.1 Å². The molecule has 0 aliphatic carbocycles. The summed E-state index contributed by atoms with van der Waals surface area (Å²) in [5, 5.41) is 13.8. The van der Waals surface area contributed by atoms with Crippen LogP contribution in [0.2, 0.25) is 5.02 Å². The van der Waals surface area contributed by atoms with Gasteiger partial charge in [-0.2, -0.15) is 0 Å². The summed E-state index contributed by atoms with van der Waals surface area (Å²) < 4.78 is 5.35. The number of rotatable bonds is 5. The first-order chi connectivity index (χ1) is 11.9. The van der Waals surface area contributed by atoms with E-state index in [-0.39, 0.29) is 18.2 Å². The van der Waals surface area contributed by atoms with Gasteiger partial charge in [0.05, 0.1) is 15.5 Å². The van der Waals surface area contributed by atoms with Gasteiger partial charge >= 0.3 is 0 Å². The number of para-hydroxylation sites is 1. The van der Waals surface area contributed by atoms with Crippen LogP contribution in [-0.4, -0.2) is 27.4 Å². The Hall–Kier alpha value is -3.13. The molecule has 0 saturated heterocycles. The molecule has 128 valence electrons. The summed E-state index contributed by atoms with van der Waals surface area (Å²) in [6.07, 6.45) is 0. The number of H-pyrrole nitrogens is 1. The van der Waals surface area contributed by atoms with E-state index in [4.69, 9.17) is 16.3 Å². The van der Waals surface area contributed by atoms with Crippen molar-refractivity contribution in [3.63, 3.8) is 0 Å². The van der Waals surface area contributed by atoms with E-state index in [9.17, 15) is 14.9 Å². The summed E-state index contributed by atoms with van der Waals surface area (Å²) in [6, 6.07) is 9.56. The minimum atomic E-state index is -0.474. The lowest BCUT2D eigenvalue weighted by molar-refractivity contribution is -0.385. The molecule has 0 unspecified atom stereocenters. The Morgan fingerprint density at radius 1 is 1.40 bits per heavy atom. The van der Waals surface area contributed by atoms with E-state index < -0.39 is 10.8 Å². The number of halogens is 1. The van der Waals surface area contributed by atoms with Gasteiger partial charge in [0.25, 0.3) is 11.6 Å². The molecule has 3 rings (SSSR count). The van der Waals surface area contributed by atoms with Gasteiger partial charge in [-0.15, -0.1) is 0 Å². The summed E-state index contributed by atoms with van der Waals surface area (Å²) in [6.45, 7) is 1.34. The molecule has 9 heteroatoms. The number of nitro benzene ring substituents is 1. The number of aryl methyl sites for hydroxylation is 1. The van der Waals surface area contributed by atoms with E-state index in [2.05, 4.69) is 15.3 Å². The zero-order valence-corrected chi connectivity index (χ0v) is 13.8. The van der Waals surface area contributed by atoms with Crippen molar-refractivity contribution in [2.24, 2.45) is 0 Å². The number of carbonyl (C=O) groups excluding carboxylic acids is 1. The normalized spacial score (nSPS) is 10.6. The van der Waals surface area contributed by atoms with Gasteiger partial charge in [-0.05, 0) is 31.2 Å². The van der Waals surface area contributed by atoms with Crippen molar-refractivity contribution in [1.82, 2.24) is 9.97 Å². The average molecular weight is 361 g/mol. The number of anilines is 1. The third kappa shape index (κ3) is 3.69. The number of aromatic nitrogens is 2. The van der Waals surface area contributed by atoms with Gasteiger partial charge in [0.1, 0.15) is 11.3 Å². The average Bonchev–Trinajstić information content (AvgIpc) is 2.96. The van der Waals surface area contributed by atoms with E-state index >= 15 is 0 Å². The highest BCUT2D eigenvalue weighted by Gasteiger charge is 2.12. The molecule has 2 N–H and O–H groups in total. The van der Waals surface area contributed by atoms with Crippen molar-refractivity contribution in [1.29, 1.82) is 0 Å². The quantitative estimate of drug-likeness (QED) is 0.534. The number of fused-ring (bicyclic) bond motifs is 1. The number of amides is 1. The summed E-state index contributed by atoms with van der Waals surface area (Å²) in [5.41, 5.74) is 1.71. The third-order valence-electron chi connectivity index (χ3n) is 3.46. The topological polar surface area (TPSA) is 110 Å². The highest BCUT2D eigenvalue weighted by Crippen LogP contribution is 2.24. The van der Waals surface area contributed by atoms with Gasteiger partial charge in [-0.1, -0.05) is 17.7 Å². The number of hydrogen-bond donors (Lipinski definition) is 2. The number of ether oxygens (including phenoxy) is 1. The molecule has 0 bridgehead atoms. The van der Waals surface area contributed by atoms with Crippen molar-refractivity contribution >= 4 is 40.2 Å². The second-order valence-corrected chi connectivity index (χ2v) is 5.67. The molecule has 25 heavy (non-hydrogen) atoms. The molecule has 3 aromatic rings. The minimum Gasteiger partial charge on any atom is -0.484 e. The second kappa shape index (κ2) is 6.78. The van der Waals surface area contributed by atoms with Gasteiger partial charge in [-0.3, -0.25) is 20.2 Å². The Bertz CT molecular complexity index is 970. The maximum Gasteiger partial charge on any atom is 0.272 e. The summed E-state index contributed by atoms with van der Waals surface area (Å²) in [7, 11) is 0. The molecule has 8 nitrogen and oxygen atoms in total. The fourth-order valence-corrected chi connectivity index (χ4v) is 2.51. The van der Waals surface area contributed by atoms with Crippen molar-refractivity contribution in [3.8, 4) is 5.75 Å². The van der Waals surface area contributed by atoms with Crippen molar-refractivity contribution in [2.75, 3.05) is 11.9 Å². The number of aromatic amines is 1. The molecule has 0 aliphatic rings. The number of benzene rings is 2. The predicted octanol–water partition coefficient (Wildman–Crippen LogP) is 3.45. The van der Waals surface area contributed by atoms with Gasteiger partial charge < -0.3 is 9.72 Å². The first-order valence-corrected chi connectivity index (χ1v) is 7.64. The number of hydrogen-bond acceptors (Lipinski definition) is 5. The lowest BCUT2D eigenvalue weighted by Crippen LogP contribution is -2.20. The zero-order chi connectivity index (χ0) is 18.0. The largest absolute Gasteiger partial charge is 0.484 e. The monoisotopic (exact) mass is 360 g/mol. The molecule has 1 amide bonds. The molecule has 1 aromatic heterocycles. The standard InChI is InChI=1S/C16H13ClN4O4/c1-9-7-10(5-6-13(9)21(23)24)25-8-14(22)19-16-18-12-4-2-3-11(17)15(12)20-16/h2-7H,8H2,1H3,(H2,18,19,20,22). The van der Waals surface area contributed by atoms with Crippen LogP contribution in [-0.2, 0) is 4.79 Å². The van der Waals surface area contributed by atoms with Crippen LogP contribution in [0.4, 0.5) is 11.6 Å². The lowest BCUT2D eigenvalue weighted by atomic mass is 10.2. The molecular weight excluding hydrogens is 348 g/mol. The van der Waals surface area contributed by atoms with E-state index in [1.807, 2.05) is 0 Å². The van der Waals surface area contributed by atoms with Crippen LogP contribution in [0, 0.1) is 17.0 Å². The van der Waals surface area contributed by atoms with E-state index in [0.717, 1.165) is 0 Å². The summed E-state index contributed by atoms with van der Waals surface area (Å²) in [5.74, 6) is 0.202. The molecule has 0 aliphatic heterocycles. The highest BCUT2D eigenvalue weighted by molar-refractivity contribution is 6.35. The number of imidazole rings is 1. The van der Waals surface area contributed by atoms with Crippen LogP contribution in [0.1, 0.15) is 5.56 Å². The number of nitrogens with one attached hydrogen (secondary N) is 2. The van der Waals surface area contributed by atoms with Crippen LogP contribution in [0.25, 0.3) is 11.0 Å². The summed E-state index contributed by atoms with van der Waals surface area (Å²) >= 11 is 6.03. The van der Waals surface area contributed by atoms with Crippen molar-refractivity contribution in [3.05, 3.63) is 57.1 Å². The Morgan fingerprint density at radius 3 is 2.88 bits per heavy atom. The van der Waals surface area contributed by atoms with Crippen LogP contribution >= 0.6 is 11.6 Å². The Kier molecular flexibility index (Phi) is 4.53. The van der Waals surface area contributed by atoms with Crippen LogP contribution in [0.15, 0.2) is 36.4 Å². The number of nitro groups is 1. The number of nitrogens with zero attached hydrogens (tertiary/aromatic N) is 2.